The highest BCUT2D eigenvalue weighted by molar-refractivity contribution is 6.03. The second-order valence-corrected chi connectivity index (χ2v) is 11.0. The summed E-state index contributed by atoms with van der Waals surface area (Å²) in [6.07, 6.45) is 2.93. The first-order chi connectivity index (χ1) is 17.1. The fourth-order valence-electron chi connectivity index (χ4n) is 5.49. The molecule has 0 unspecified atom stereocenters. The summed E-state index contributed by atoms with van der Waals surface area (Å²) in [4.78, 5) is 42.3. The van der Waals surface area contributed by atoms with E-state index in [0.29, 0.717) is 11.3 Å². The molecular formula is C29H34N4O3. The van der Waals surface area contributed by atoms with E-state index in [1.54, 1.807) is 11.9 Å². The first-order valence-corrected chi connectivity index (χ1v) is 12.7. The van der Waals surface area contributed by atoms with Gasteiger partial charge in [0.25, 0.3) is 5.91 Å². The van der Waals surface area contributed by atoms with Crippen molar-refractivity contribution < 1.29 is 14.4 Å². The highest BCUT2D eigenvalue weighted by Crippen LogP contribution is 2.36. The van der Waals surface area contributed by atoms with Crippen LogP contribution in [0.5, 0.6) is 0 Å². The van der Waals surface area contributed by atoms with Gasteiger partial charge in [-0.3, -0.25) is 14.5 Å². The van der Waals surface area contributed by atoms with E-state index >= 15 is 0 Å². The molecule has 2 atom stereocenters. The van der Waals surface area contributed by atoms with E-state index in [1.165, 1.54) is 16.0 Å². The molecule has 2 aliphatic heterocycles. The van der Waals surface area contributed by atoms with Gasteiger partial charge in [0.2, 0.25) is 5.91 Å². The van der Waals surface area contributed by atoms with Crippen LogP contribution in [0.3, 0.4) is 0 Å². The summed E-state index contributed by atoms with van der Waals surface area (Å²) in [6, 6.07) is 15.4. The molecule has 36 heavy (non-hydrogen) atoms. The largest absolute Gasteiger partial charge is 0.348 e. The lowest BCUT2D eigenvalue weighted by Crippen LogP contribution is -2.45. The van der Waals surface area contributed by atoms with Gasteiger partial charge < -0.3 is 15.5 Å². The van der Waals surface area contributed by atoms with Gasteiger partial charge in [-0.2, -0.15) is 0 Å². The summed E-state index contributed by atoms with van der Waals surface area (Å²) in [5.74, 6) is -0.390. The van der Waals surface area contributed by atoms with Crippen molar-refractivity contribution in [2.75, 3.05) is 20.1 Å². The topological polar surface area (TPSA) is 81.8 Å². The van der Waals surface area contributed by atoms with E-state index in [4.69, 9.17) is 0 Å². The van der Waals surface area contributed by atoms with Crippen molar-refractivity contribution in [3.63, 3.8) is 0 Å². The summed E-state index contributed by atoms with van der Waals surface area (Å²) in [7, 11) is 1.67. The zero-order valence-electron chi connectivity index (χ0n) is 21.4. The Morgan fingerprint density at radius 3 is 2.53 bits per heavy atom. The lowest BCUT2D eigenvalue weighted by atomic mass is 9.85. The molecule has 1 aliphatic carbocycles. The normalized spacial score (nSPS) is 21.8. The van der Waals surface area contributed by atoms with Gasteiger partial charge in [0.1, 0.15) is 6.54 Å². The molecule has 0 radical (unpaired) electrons. The van der Waals surface area contributed by atoms with Gasteiger partial charge in [0.05, 0.1) is 29.9 Å². The van der Waals surface area contributed by atoms with Crippen LogP contribution in [0.2, 0.25) is 0 Å². The lowest BCUT2D eigenvalue weighted by Gasteiger charge is -2.31. The molecule has 0 saturated carbocycles. The number of hydrogen-bond donors (Lipinski definition) is 2. The summed E-state index contributed by atoms with van der Waals surface area (Å²) in [5.41, 5.74) is 5.67. The summed E-state index contributed by atoms with van der Waals surface area (Å²) in [5, 5.41) is 6.11. The number of rotatable bonds is 4. The van der Waals surface area contributed by atoms with E-state index in [1.807, 2.05) is 36.4 Å². The maximum atomic E-state index is 13.5. The van der Waals surface area contributed by atoms with E-state index in [9.17, 15) is 14.4 Å². The van der Waals surface area contributed by atoms with Gasteiger partial charge in [0.15, 0.2) is 0 Å². The number of aryl methyl sites for hydroxylation is 1. The van der Waals surface area contributed by atoms with Gasteiger partial charge >= 0.3 is 6.03 Å². The van der Waals surface area contributed by atoms with Crippen molar-refractivity contribution in [3.8, 4) is 0 Å². The number of hydrogen-bond acceptors (Lipinski definition) is 3. The quantitative estimate of drug-likeness (QED) is 0.686. The fourth-order valence-corrected chi connectivity index (χ4v) is 5.49. The Kier molecular flexibility index (Phi) is 6.10. The Morgan fingerprint density at radius 1 is 1.08 bits per heavy atom. The zero-order chi connectivity index (χ0) is 25.6. The molecule has 0 fully saturated rings. The van der Waals surface area contributed by atoms with Crippen molar-refractivity contribution in [3.05, 3.63) is 82.1 Å². The van der Waals surface area contributed by atoms with Crippen LogP contribution in [0.25, 0.3) is 0 Å². The molecule has 4 amide bonds. The first-order valence-electron chi connectivity index (χ1n) is 12.7. The molecule has 7 heteroatoms. The van der Waals surface area contributed by atoms with Crippen LogP contribution in [0, 0.1) is 0 Å². The Balaban J connectivity index is 1.33. The second-order valence-electron chi connectivity index (χ2n) is 11.0. The molecule has 7 nitrogen and oxygen atoms in total. The van der Waals surface area contributed by atoms with Gasteiger partial charge in [0, 0.05) is 7.05 Å². The molecule has 2 heterocycles. The predicted molar refractivity (Wildman–Crippen MR) is 138 cm³/mol. The molecule has 0 spiro atoms. The van der Waals surface area contributed by atoms with Crippen LogP contribution in [0.4, 0.5) is 4.79 Å². The van der Waals surface area contributed by atoms with Crippen molar-refractivity contribution >= 4 is 17.8 Å². The molecule has 188 valence electrons. The van der Waals surface area contributed by atoms with Gasteiger partial charge in [-0.25, -0.2) is 4.79 Å². The number of likely N-dealkylation sites (N-methyl/N-ethyl adjacent to an activating group) is 1. The number of urea groups is 1. The number of benzene rings is 2. The SMILES string of the molecule is CN1C(=O)N[C@@H](c2ccc(C(C)(C)C)cc2)C2=C1CN(CC(=O)N[C@H]1CCCc3ccccc31)C2=O. The molecule has 0 saturated heterocycles. The molecule has 2 aromatic carbocycles. The minimum atomic E-state index is -0.538. The third-order valence-corrected chi connectivity index (χ3v) is 7.58. The maximum absolute atomic E-state index is 13.5. The van der Waals surface area contributed by atoms with Gasteiger partial charge in [-0.1, -0.05) is 69.3 Å². The minimum absolute atomic E-state index is 0.00513. The summed E-state index contributed by atoms with van der Waals surface area (Å²) < 4.78 is 0. The highest BCUT2D eigenvalue weighted by Gasteiger charge is 2.43. The second kappa shape index (κ2) is 9.12. The third kappa shape index (κ3) is 4.38. The number of nitrogens with zero attached hydrogens (tertiary/aromatic N) is 2. The van der Waals surface area contributed by atoms with E-state index < -0.39 is 6.04 Å². The van der Waals surface area contributed by atoms with Crippen molar-refractivity contribution in [1.82, 2.24) is 20.4 Å². The Bertz CT molecular complexity index is 1240. The molecule has 2 N–H and O–H groups in total. The van der Waals surface area contributed by atoms with Gasteiger partial charge in [-0.05, 0) is 46.9 Å². The summed E-state index contributed by atoms with van der Waals surface area (Å²) >= 11 is 0. The van der Waals surface area contributed by atoms with E-state index in [2.05, 4.69) is 43.5 Å². The Labute approximate surface area is 212 Å². The van der Waals surface area contributed by atoms with E-state index in [0.717, 1.165) is 30.4 Å². The maximum Gasteiger partial charge on any atom is 0.322 e. The molecule has 0 aromatic heterocycles. The van der Waals surface area contributed by atoms with Crippen LogP contribution in [0.15, 0.2) is 59.8 Å². The average molecular weight is 487 g/mol. The van der Waals surface area contributed by atoms with Crippen LogP contribution >= 0.6 is 0 Å². The number of nitrogens with one attached hydrogen (secondary N) is 2. The molecule has 2 aromatic rings. The van der Waals surface area contributed by atoms with Crippen molar-refractivity contribution in [2.24, 2.45) is 0 Å². The molecular weight excluding hydrogens is 452 g/mol. The number of carbonyl (C=O) groups is 3. The summed E-state index contributed by atoms with van der Waals surface area (Å²) in [6.45, 7) is 6.64. The monoisotopic (exact) mass is 486 g/mol. The van der Waals surface area contributed by atoms with Crippen LogP contribution in [0.1, 0.15) is 68.0 Å². The Hall–Kier alpha value is -3.61. The molecule has 5 rings (SSSR count). The zero-order valence-corrected chi connectivity index (χ0v) is 21.4. The van der Waals surface area contributed by atoms with E-state index in [-0.39, 0.29) is 42.4 Å². The minimum Gasteiger partial charge on any atom is -0.348 e. The van der Waals surface area contributed by atoms with Crippen molar-refractivity contribution in [2.45, 2.75) is 57.5 Å². The fraction of sp³-hybridized carbons (Fsp3) is 0.414. The number of carbonyl (C=O) groups excluding carboxylic acids is 3. The van der Waals surface area contributed by atoms with Crippen LogP contribution in [-0.4, -0.2) is 47.8 Å². The predicted octanol–water partition coefficient (Wildman–Crippen LogP) is 3.97. The van der Waals surface area contributed by atoms with Crippen molar-refractivity contribution in [1.29, 1.82) is 0 Å². The smallest absolute Gasteiger partial charge is 0.322 e. The first kappa shape index (κ1) is 24.1. The molecule has 0 bridgehead atoms. The number of fused-ring (bicyclic) bond motifs is 1. The number of amides is 4. The molecule has 3 aliphatic rings. The standard InChI is InChI=1S/C29H34N4O3/c1-29(2,3)20-14-12-19(13-15-20)26-25-23(32(4)28(36)31-26)16-33(27(25)35)17-24(34)30-22-11-7-9-18-8-5-6-10-21(18)22/h5-6,8,10,12-15,22,26H,7,9,11,16-17H2,1-4H3,(H,30,34)(H,31,36)/t22-,26-/m0/s1. The van der Waals surface area contributed by atoms with Crippen LogP contribution in [-0.2, 0) is 21.4 Å². The highest BCUT2D eigenvalue weighted by atomic mass is 16.2. The lowest BCUT2D eigenvalue weighted by molar-refractivity contribution is -0.132. The third-order valence-electron chi connectivity index (χ3n) is 7.58. The average Bonchev–Trinajstić information content (AvgIpc) is 3.17. The van der Waals surface area contributed by atoms with Gasteiger partial charge in [-0.15, -0.1) is 0 Å². The Morgan fingerprint density at radius 2 is 1.81 bits per heavy atom. The van der Waals surface area contributed by atoms with Crippen LogP contribution < -0.4 is 10.6 Å².